The molecular formula is C14H16N6O. The second-order valence-electron chi connectivity index (χ2n) is 4.57. The minimum Gasteiger partial charge on any atom is -0.479 e. The van der Waals surface area contributed by atoms with Crippen LogP contribution in [-0.4, -0.2) is 31.6 Å². The van der Waals surface area contributed by atoms with Gasteiger partial charge in [-0.3, -0.25) is 9.55 Å². The van der Waals surface area contributed by atoms with Crippen molar-refractivity contribution in [3.63, 3.8) is 0 Å². The van der Waals surface area contributed by atoms with Crippen LogP contribution < -0.4 is 10.5 Å². The topological polar surface area (TPSA) is 91.7 Å². The fourth-order valence-corrected chi connectivity index (χ4v) is 2.32. The van der Waals surface area contributed by atoms with Crippen LogP contribution in [0, 0.1) is 0 Å². The Bertz CT molecular complexity index is 782. The Kier molecular flexibility index (Phi) is 3.39. The summed E-state index contributed by atoms with van der Waals surface area (Å²) >= 11 is 0. The number of methoxy groups -OCH3 is 1. The highest BCUT2D eigenvalue weighted by molar-refractivity contribution is 5.79. The van der Waals surface area contributed by atoms with Crippen LogP contribution in [0.2, 0.25) is 0 Å². The summed E-state index contributed by atoms with van der Waals surface area (Å²) in [4.78, 5) is 17.0. The second kappa shape index (κ2) is 5.35. The van der Waals surface area contributed by atoms with E-state index in [2.05, 4.69) is 32.9 Å². The number of hydrogen-bond donors (Lipinski definition) is 1. The number of imidazole rings is 1. The second-order valence-corrected chi connectivity index (χ2v) is 4.57. The van der Waals surface area contributed by atoms with Gasteiger partial charge in [0.15, 0.2) is 11.2 Å². The van der Waals surface area contributed by atoms with E-state index in [-0.39, 0.29) is 0 Å². The van der Waals surface area contributed by atoms with Gasteiger partial charge in [0.05, 0.1) is 19.3 Å². The van der Waals surface area contributed by atoms with Crippen LogP contribution in [0.5, 0.6) is 5.88 Å². The lowest BCUT2D eigenvalue weighted by molar-refractivity contribution is 0.401. The molecule has 0 aliphatic carbocycles. The minimum absolute atomic E-state index is 0.372. The molecule has 0 aromatic carbocycles. The summed E-state index contributed by atoms with van der Waals surface area (Å²) < 4.78 is 7.01. The smallest absolute Gasteiger partial charge is 0.245 e. The molecular weight excluding hydrogens is 268 g/mol. The fourth-order valence-electron chi connectivity index (χ4n) is 2.32. The highest BCUT2D eigenvalue weighted by atomic mass is 16.5. The molecule has 0 spiro atoms. The molecule has 3 aromatic rings. The lowest BCUT2D eigenvalue weighted by Crippen LogP contribution is -2.08. The van der Waals surface area contributed by atoms with Crippen LogP contribution in [0.1, 0.15) is 18.2 Å². The molecule has 2 N–H and O–H groups in total. The summed E-state index contributed by atoms with van der Waals surface area (Å²) in [5.41, 5.74) is 9.37. The average Bonchev–Trinajstić information content (AvgIpc) is 2.84. The van der Waals surface area contributed by atoms with Crippen molar-refractivity contribution in [3.05, 3.63) is 35.9 Å². The van der Waals surface area contributed by atoms with E-state index in [9.17, 15) is 0 Å². The Balaban J connectivity index is 2.11. The van der Waals surface area contributed by atoms with Crippen molar-refractivity contribution in [1.29, 1.82) is 0 Å². The van der Waals surface area contributed by atoms with Gasteiger partial charge >= 0.3 is 0 Å². The van der Waals surface area contributed by atoms with Gasteiger partial charge in [-0.1, -0.05) is 13.0 Å². The molecule has 3 aromatic heterocycles. The number of nitrogen functional groups attached to an aromatic ring is 1. The summed E-state index contributed by atoms with van der Waals surface area (Å²) in [6.45, 7) is 2.62. The Hall–Kier alpha value is -2.70. The van der Waals surface area contributed by atoms with Crippen LogP contribution in [0.4, 0.5) is 5.95 Å². The first-order chi connectivity index (χ1) is 10.2. The molecule has 108 valence electrons. The molecule has 0 aliphatic heterocycles. The van der Waals surface area contributed by atoms with E-state index < -0.39 is 0 Å². The highest BCUT2D eigenvalue weighted by Crippen LogP contribution is 2.23. The molecule has 0 saturated heterocycles. The lowest BCUT2D eigenvalue weighted by atomic mass is 10.1. The average molecular weight is 284 g/mol. The number of pyridine rings is 1. The third-order valence-corrected chi connectivity index (χ3v) is 3.39. The van der Waals surface area contributed by atoms with Gasteiger partial charge in [-0.05, 0) is 18.1 Å². The number of anilines is 1. The Morgan fingerprint density at radius 2 is 2.14 bits per heavy atom. The maximum Gasteiger partial charge on any atom is 0.245 e. The van der Waals surface area contributed by atoms with Crippen molar-refractivity contribution in [2.45, 2.75) is 19.9 Å². The lowest BCUT2D eigenvalue weighted by Gasteiger charge is -2.09. The van der Waals surface area contributed by atoms with Crippen LogP contribution in [0.25, 0.3) is 11.2 Å². The van der Waals surface area contributed by atoms with E-state index in [4.69, 9.17) is 10.5 Å². The largest absolute Gasteiger partial charge is 0.479 e. The molecule has 0 unspecified atom stereocenters. The van der Waals surface area contributed by atoms with Crippen molar-refractivity contribution < 1.29 is 4.74 Å². The molecule has 0 fully saturated rings. The number of fused-ring (bicyclic) bond motifs is 1. The van der Waals surface area contributed by atoms with Crippen molar-refractivity contribution >= 4 is 17.1 Å². The number of aromatic nitrogens is 5. The monoisotopic (exact) mass is 284 g/mol. The summed E-state index contributed by atoms with van der Waals surface area (Å²) in [5.74, 6) is 0.790. The highest BCUT2D eigenvalue weighted by Gasteiger charge is 2.15. The van der Waals surface area contributed by atoms with E-state index in [1.165, 1.54) is 11.9 Å². The minimum atomic E-state index is 0.372. The first kappa shape index (κ1) is 13.3. The molecule has 21 heavy (non-hydrogen) atoms. The predicted molar refractivity (Wildman–Crippen MR) is 79.0 cm³/mol. The normalized spacial score (nSPS) is 11.0. The Morgan fingerprint density at radius 3 is 2.90 bits per heavy atom. The van der Waals surface area contributed by atoms with Gasteiger partial charge in [0.25, 0.3) is 0 Å². The van der Waals surface area contributed by atoms with Crippen LogP contribution in [0.3, 0.4) is 0 Å². The van der Waals surface area contributed by atoms with Gasteiger partial charge in [-0.15, -0.1) is 0 Å². The van der Waals surface area contributed by atoms with Crippen LogP contribution >= 0.6 is 0 Å². The summed E-state index contributed by atoms with van der Waals surface area (Å²) in [6, 6.07) is 4.00. The summed E-state index contributed by atoms with van der Waals surface area (Å²) in [6.07, 6.45) is 4.13. The summed E-state index contributed by atoms with van der Waals surface area (Å²) in [5, 5.41) is 0. The molecule has 3 rings (SSSR count). The predicted octanol–water partition coefficient (Wildman–Crippen LogP) is 1.42. The van der Waals surface area contributed by atoms with Crippen molar-refractivity contribution in [3.8, 4) is 5.88 Å². The number of hydrogen-bond acceptors (Lipinski definition) is 6. The van der Waals surface area contributed by atoms with E-state index in [0.29, 0.717) is 29.5 Å². The number of nitrogens with two attached hydrogens (primary N) is 1. The molecule has 0 saturated carbocycles. The fraction of sp³-hybridized carbons (Fsp3) is 0.286. The first-order valence-electron chi connectivity index (χ1n) is 6.68. The number of aryl methyl sites for hydroxylation is 1. The number of ether oxygens (including phenoxy) is 1. The van der Waals surface area contributed by atoms with Crippen molar-refractivity contribution in [2.75, 3.05) is 12.8 Å². The summed E-state index contributed by atoms with van der Waals surface area (Å²) in [7, 11) is 1.55. The van der Waals surface area contributed by atoms with Crippen molar-refractivity contribution in [2.24, 2.45) is 0 Å². The Morgan fingerprint density at radius 1 is 1.29 bits per heavy atom. The maximum absolute atomic E-state index is 6.02. The zero-order valence-corrected chi connectivity index (χ0v) is 11.9. The Labute approximate surface area is 121 Å². The van der Waals surface area contributed by atoms with Gasteiger partial charge in [-0.2, -0.15) is 4.98 Å². The number of rotatable bonds is 4. The number of nitrogens with zero attached hydrogens (tertiary/aromatic N) is 5. The van der Waals surface area contributed by atoms with Crippen LogP contribution in [0.15, 0.2) is 24.7 Å². The van der Waals surface area contributed by atoms with Gasteiger partial charge in [0.2, 0.25) is 11.8 Å². The van der Waals surface area contributed by atoms with Gasteiger partial charge in [0.1, 0.15) is 6.33 Å². The van der Waals surface area contributed by atoms with Crippen LogP contribution in [-0.2, 0) is 13.0 Å². The quantitative estimate of drug-likeness (QED) is 0.779. The molecule has 3 heterocycles. The standard InChI is InChI=1S/C14H16N6O/c1-3-9-5-4-6-16-10(9)7-20-12-11(19-14(20)15)13(21-2)18-8-17-12/h4-6,8H,3,7H2,1-2H3,(H2,15,19). The van der Waals surface area contributed by atoms with E-state index in [1.54, 1.807) is 13.3 Å². The van der Waals surface area contributed by atoms with Gasteiger partial charge in [0, 0.05) is 6.20 Å². The van der Waals surface area contributed by atoms with Gasteiger partial charge in [-0.25, -0.2) is 9.97 Å². The van der Waals surface area contributed by atoms with Gasteiger partial charge < -0.3 is 10.5 Å². The molecule has 0 atom stereocenters. The molecule has 7 nitrogen and oxygen atoms in total. The molecule has 0 bridgehead atoms. The zero-order valence-electron chi connectivity index (χ0n) is 11.9. The first-order valence-corrected chi connectivity index (χ1v) is 6.68. The molecule has 0 amide bonds. The van der Waals surface area contributed by atoms with E-state index in [0.717, 1.165) is 12.1 Å². The maximum atomic E-state index is 6.02. The zero-order chi connectivity index (χ0) is 14.8. The van der Waals surface area contributed by atoms with E-state index in [1.807, 2.05) is 10.6 Å². The SMILES string of the molecule is CCc1cccnc1Cn1c(N)nc2c(OC)ncnc21. The molecule has 0 radical (unpaired) electrons. The third kappa shape index (κ3) is 2.26. The molecule has 7 heteroatoms. The van der Waals surface area contributed by atoms with E-state index >= 15 is 0 Å². The third-order valence-electron chi connectivity index (χ3n) is 3.39. The molecule has 0 aliphatic rings. The van der Waals surface area contributed by atoms with Crippen molar-refractivity contribution in [1.82, 2.24) is 24.5 Å².